The van der Waals surface area contributed by atoms with E-state index in [2.05, 4.69) is 40.7 Å². The Hall–Kier alpha value is -0.300. The van der Waals surface area contributed by atoms with Crippen LogP contribution in [0.2, 0.25) is 0 Å². The van der Waals surface area contributed by atoms with E-state index in [9.17, 15) is 0 Å². The zero-order valence-corrected chi connectivity index (χ0v) is 11.0. The van der Waals surface area contributed by atoms with Crippen molar-refractivity contribution in [3.05, 3.63) is 11.6 Å². The predicted octanol–water partition coefficient (Wildman–Crippen LogP) is 4.18. The van der Waals surface area contributed by atoms with Gasteiger partial charge in [-0.05, 0) is 43.1 Å². The van der Waals surface area contributed by atoms with Crippen LogP contribution >= 0.6 is 0 Å². The summed E-state index contributed by atoms with van der Waals surface area (Å²) < 4.78 is 5.53. The van der Waals surface area contributed by atoms with Gasteiger partial charge in [0, 0.05) is 0 Å². The molecular formula is C14H26O. The van der Waals surface area contributed by atoms with E-state index >= 15 is 0 Å². The highest BCUT2D eigenvalue weighted by Crippen LogP contribution is 2.27. The molecule has 1 unspecified atom stereocenters. The Balaban J connectivity index is 2.30. The van der Waals surface area contributed by atoms with Crippen molar-refractivity contribution in [3.8, 4) is 0 Å². The van der Waals surface area contributed by atoms with Crippen LogP contribution in [0.1, 0.15) is 53.9 Å². The van der Waals surface area contributed by atoms with E-state index in [1.165, 1.54) is 18.4 Å². The molecule has 0 aromatic heterocycles. The zero-order chi connectivity index (χ0) is 11.5. The molecule has 15 heavy (non-hydrogen) atoms. The first-order valence-electron chi connectivity index (χ1n) is 6.16. The summed E-state index contributed by atoms with van der Waals surface area (Å²) in [5.74, 6) is 0.786. The van der Waals surface area contributed by atoms with Gasteiger partial charge in [-0.3, -0.25) is 0 Å². The molecular weight excluding hydrogens is 184 g/mol. The molecule has 0 aliphatic carbocycles. The molecule has 2 atom stereocenters. The minimum atomic E-state index is 0.439. The molecule has 1 fully saturated rings. The van der Waals surface area contributed by atoms with Gasteiger partial charge in [-0.1, -0.05) is 33.8 Å². The van der Waals surface area contributed by atoms with Crippen LogP contribution in [0.15, 0.2) is 11.6 Å². The molecule has 1 nitrogen and oxygen atoms in total. The molecule has 0 bridgehead atoms. The second kappa shape index (κ2) is 5.16. The van der Waals surface area contributed by atoms with E-state index in [1.807, 2.05) is 0 Å². The second-order valence-electron chi connectivity index (χ2n) is 6.29. The summed E-state index contributed by atoms with van der Waals surface area (Å²) in [5, 5.41) is 0. The zero-order valence-electron chi connectivity index (χ0n) is 11.0. The van der Waals surface area contributed by atoms with Crippen LogP contribution in [0.3, 0.4) is 0 Å². The summed E-state index contributed by atoms with van der Waals surface area (Å²) in [4.78, 5) is 0. The highest BCUT2D eigenvalue weighted by molar-refractivity contribution is 5.07. The van der Waals surface area contributed by atoms with Crippen molar-refractivity contribution in [2.24, 2.45) is 11.3 Å². The van der Waals surface area contributed by atoms with Crippen LogP contribution in [-0.2, 0) is 4.74 Å². The van der Waals surface area contributed by atoms with E-state index in [1.54, 1.807) is 0 Å². The first kappa shape index (κ1) is 12.8. The molecule has 1 aliphatic rings. The molecule has 0 amide bonds. The standard InChI is InChI=1S/C14H26O/c1-11(9-14(3,4)5)6-7-13-8-12(2)15-10-13/h7,11-12H,6,8-10H2,1-5H3/b13-7-/t11?,12-/m1/s1. The van der Waals surface area contributed by atoms with Crippen LogP contribution in [0.25, 0.3) is 0 Å². The maximum absolute atomic E-state index is 5.53. The van der Waals surface area contributed by atoms with Crippen molar-refractivity contribution in [2.75, 3.05) is 6.61 Å². The Morgan fingerprint density at radius 1 is 1.47 bits per heavy atom. The lowest BCUT2D eigenvalue weighted by Gasteiger charge is -2.22. The maximum Gasteiger partial charge on any atom is 0.0681 e. The molecule has 0 aromatic rings. The highest BCUT2D eigenvalue weighted by Gasteiger charge is 2.17. The lowest BCUT2D eigenvalue weighted by atomic mass is 9.84. The fourth-order valence-electron chi connectivity index (χ4n) is 2.38. The Labute approximate surface area is 94.9 Å². The number of hydrogen-bond donors (Lipinski definition) is 0. The fraction of sp³-hybridized carbons (Fsp3) is 0.857. The Bertz CT molecular complexity index is 222. The van der Waals surface area contributed by atoms with Crippen molar-refractivity contribution in [3.63, 3.8) is 0 Å². The van der Waals surface area contributed by atoms with Gasteiger partial charge in [0.2, 0.25) is 0 Å². The molecule has 0 spiro atoms. The van der Waals surface area contributed by atoms with Gasteiger partial charge >= 0.3 is 0 Å². The normalized spacial score (nSPS) is 27.3. The van der Waals surface area contributed by atoms with Gasteiger partial charge in [-0.2, -0.15) is 0 Å². The van der Waals surface area contributed by atoms with Gasteiger partial charge in [0.25, 0.3) is 0 Å². The molecule has 0 radical (unpaired) electrons. The van der Waals surface area contributed by atoms with Gasteiger partial charge in [0.1, 0.15) is 0 Å². The third kappa shape index (κ3) is 5.36. The number of hydrogen-bond acceptors (Lipinski definition) is 1. The smallest absolute Gasteiger partial charge is 0.0681 e. The molecule has 0 saturated carbocycles. The van der Waals surface area contributed by atoms with Crippen molar-refractivity contribution in [1.29, 1.82) is 0 Å². The lowest BCUT2D eigenvalue weighted by molar-refractivity contribution is 0.128. The topological polar surface area (TPSA) is 9.23 Å². The summed E-state index contributed by atoms with van der Waals surface area (Å²) in [6, 6.07) is 0. The average Bonchev–Trinajstić information content (AvgIpc) is 2.45. The number of allylic oxidation sites excluding steroid dienone is 1. The van der Waals surface area contributed by atoms with Crippen LogP contribution in [0.5, 0.6) is 0 Å². The summed E-state index contributed by atoms with van der Waals surface area (Å²) in [6.45, 7) is 12.3. The van der Waals surface area contributed by atoms with Crippen LogP contribution in [0, 0.1) is 11.3 Å². The molecule has 1 aliphatic heterocycles. The molecule has 1 saturated heterocycles. The second-order valence-corrected chi connectivity index (χ2v) is 6.29. The van der Waals surface area contributed by atoms with Crippen LogP contribution in [0.4, 0.5) is 0 Å². The van der Waals surface area contributed by atoms with Gasteiger partial charge in [-0.15, -0.1) is 0 Å². The molecule has 1 heterocycles. The predicted molar refractivity (Wildman–Crippen MR) is 66.0 cm³/mol. The minimum Gasteiger partial charge on any atom is -0.374 e. The SMILES string of the molecule is CC(C/C=C1\CO[C@H](C)C1)CC(C)(C)C. The third-order valence-corrected chi connectivity index (χ3v) is 2.87. The Morgan fingerprint density at radius 2 is 2.13 bits per heavy atom. The molecule has 88 valence electrons. The van der Waals surface area contributed by atoms with Crippen molar-refractivity contribution in [1.82, 2.24) is 0 Å². The largest absolute Gasteiger partial charge is 0.374 e. The molecule has 1 rings (SSSR count). The summed E-state index contributed by atoms with van der Waals surface area (Å²) in [6.07, 6.45) is 6.49. The van der Waals surface area contributed by atoms with E-state index in [0.29, 0.717) is 11.5 Å². The average molecular weight is 210 g/mol. The van der Waals surface area contributed by atoms with E-state index < -0.39 is 0 Å². The Morgan fingerprint density at radius 3 is 2.60 bits per heavy atom. The highest BCUT2D eigenvalue weighted by atomic mass is 16.5. The Kier molecular flexibility index (Phi) is 4.39. The van der Waals surface area contributed by atoms with Crippen molar-refractivity contribution in [2.45, 2.75) is 60.0 Å². The van der Waals surface area contributed by atoms with Gasteiger partial charge in [0.05, 0.1) is 12.7 Å². The number of ether oxygens (including phenoxy) is 1. The van der Waals surface area contributed by atoms with Gasteiger partial charge in [-0.25, -0.2) is 0 Å². The van der Waals surface area contributed by atoms with E-state index in [-0.39, 0.29) is 0 Å². The van der Waals surface area contributed by atoms with E-state index in [0.717, 1.165) is 18.9 Å². The molecule has 0 aromatic carbocycles. The number of rotatable bonds is 3. The van der Waals surface area contributed by atoms with Crippen molar-refractivity contribution < 1.29 is 4.74 Å². The van der Waals surface area contributed by atoms with Crippen molar-refractivity contribution >= 4 is 0 Å². The van der Waals surface area contributed by atoms with Gasteiger partial charge in [0.15, 0.2) is 0 Å². The first-order valence-corrected chi connectivity index (χ1v) is 6.16. The fourth-order valence-corrected chi connectivity index (χ4v) is 2.38. The third-order valence-electron chi connectivity index (χ3n) is 2.87. The molecule has 1 heteroatoms. The maximum atomic E-state index is 5.53. The first-order chi connectivity index (χ1) is 6.87. The van der Waals surface area contributed by atoms with Crippen LogP contribution < -0.4 is 0 Å². The minimum absolute atomic E-state index is 0.439. The summed E-state index contributed by atoms with van der Waals surface area (Å²) in [7, 11) is 0. The summed E-state index contributed by atoms with van der Waals surface area (Å²) >= 11 is 0. The quantitative estimate of drug-likeness (QED) is 0.635. The summed E-state index contributed by atoms with van der Waals surface area (Å²) in [5.41, 5.74) is 1.96. The monoisotopic (exact) mass is 210 g/mol. The van der Waals surface area contributed by atoms with E-state index in [4.69, 9.17) is 4.74 Å². The van der Waals surface area contributed by atoms with Gasteiger partial charge < -0.3 is 4.74 Å². The lowest BCUT2D eigenvalue weighted by Crippen LogP contribution is -2.10. The van der Waals surface area contributed by atoms with Crippen LogP contribution in [-0.4, -0.2) is 12.7 Å². The molecule has 0 N–H and O–H groups in total.